The molecule has 0 aliphatic rings. The maximum absolute atomic E-state index is 11.1. The van der Waals surface area contributed by atoms with Gasteiger partial charge in [-0.05, 0) is 31.0 Å². The van der Waals surface area contributed by atoms with Crippen molar-refractivity contribution in [2.75, 3.05) is 0 Å². The lowest BCUT2D eigenvalue weighted by molar-refractivity contribution is 0.739. The first-order chi connectivity index (χ1) is 7.06. The van der Waals surface area contributed by atoms with Crippen LogP contribution in [0.3, 0.4) is 0 Å². The highest BCUT2D eigenvalue weighted by Gasteiger charge is 2.06. The van der Waals surface area contributed by atoms with Crippen molar-refractivity contribution in [3.05, 3.63) is 33.2 Å². The van der Waals surface area contributed by atoms with Crippen LogP contribution in [0.1, 0.15) is 12.5 Å². The Morgan fingerprint density at radius 3 is 2.87 bits per heavy atom. The summed E-state index contributed by atoms with van der Waals surface area (Å²) in [6.07, 6.45) is 0.739. The molecule has 2 rings (SSSR count). The zero-order chi connectivity index (χ0) is 11.0. The summed E-state index contributed by atoms with van der Waals surface area (Å²) in [5, 5.41) is 0.543. The Hall–Kier alpha value is -1.26. The lowest BCUT2D eigenvalue weighted by Gasteiger charge is -2.05. The Bertz CT molecular complexity index is 541. The topological polar surface area (TPSA) is 74.7 Å². The molecule has 1 unspecified atom stereocenters. The molecule has 0 radical (unpaired) electrons. The molecular weight excluding hydrogens is 214 g/mol. The first-order valence-corrected chi connectivity index (χ1v) is 5.10. The molecule has 0 bridgehead atoms. The van der Waals surface area contributed by atoms with Crippen LogP contribution < -0.4 is 11.4 Å². The molecule has 0 spiro atoms. The third-order valence-corrected chi connectivity index (χ3v) is 2.49. The molecule has 1 aromatic heterocycles. The molecule has 0 aliphatic heterocycles. The number of fused-ring (bicyclic) bond motifs is 1. The summed E-state index contributed by atoms with van der Waals surface area (Å²) in [4.78, 5) is 16.4. The van der Waals surface area contributed by atoms with Gasteiger partial charge in [0, 0.05) is 6.04 Å². The number of benzene rings is 1. The molecule has 2 aromatic rings. The van der Waals surface area contributed by atoms with Gasteiger partial charge in [-0.25, -0.2) is 4.79 Å². The van der Waals surface area contributed by atoms with Crippen LogP contribution in [0, 0.1) is 0 Å². The van der Waals surface area contributed by atoms with Crippen LogP contribution >= 0.6 is 11.6 Å². The van der Waals surface area contributed by atoms with Gasteiger partial charge < -0.3 is 15.7 Å². The normalized spacial score (nSPS) is 13.3. The fraction of sp³-hybridized carbons (Fsp3) is 0.300. The van der Waals surface area contributed by atoms with Gasteiger partial charge in [0.15, 0.2) is 0 Å². The van der Waals surface area contributed by atoms with Gasteiger partial charge in [0.25, 0.3) is 0 Å². The number of aromatic nitrogens is 2. The fourth-order valence-corrected chi connectivity index (χ4v) is 1.93. The molecule has 4 nitrogen and oxygen atoms in total. The number of imidazole rings is 1. The van der Waals surface area contributed by atoms with Crippen molar-refractivity contribution in [3.8, 4) is 0 Å². The summed E-state index contributed by atoms with van der Waals surface area (Å²) in [5.41, 5.74) is 7.85. The summed E-state index contributed by atoms with van der Waals surface area (Å²) in [5.74, 6) is 0. The molecule has 80 valence electrons. The van der Waals surface area contributed by atoms with Crippen LogP contribution in [0.15, 0.2) is 16.9 Å². The van der Waals surface area contributed by atoms with E-state index in [0.29, 0.717) is 10.5 Å². The van der Waals surface area contributed by atoms with Crippen molar-refractivity contribution < 1.29 is 0 Å². The van der Waals surface area contributed by atoms with E-state index >= 15 is 0 Å². The monoisotopic (exact) mass is 225 g/mol. The van der Waals surface area contributed by atoms with Crippen molar-refractivity contribution in [1.82, 2.24) is 9.97 Å². The number of rotatable bonds is 2. The SMILES string of the molecule is CC(N)Cc1cc(Cl)c2[nH]c(=O)[nH]c2c1. The van der Waals surface area contributed by atoms with Crippen molar-refractivity contribution in [1.29, 1.82) is 0 Å². The van der Waals surface area contributed by atoms with Crippen molar-refractivity contribution in [2.45, 2.75) is 19.4 Å². The van der Waals surface area contributed by atoms with Crippen LogP contribution in [-0.4, -0.2) is 16.0 Å². The van der Waals surface area contributed by atoms with E-state index in [0.717, 1.165) is 17.5 Å². The smallest absolute Gasteiger partial charge is 0.323 e. The molecule has 0 saturated heterocycles. The predicted octanol–water partition coefficient (Wildman–Crippen LogP) is 1.40. The third kappa shape index (κ3) is 2.06. The van der Waals surface area contributed by atoms with E-state index in [9.17, 15) is 4.79 Å². The number of hydrogen-bond acceptors (Lipinski definition) is 2. The van der Waals surface area contributed by atoms with Gasteiger partial charge >= 0.3 is 5.69 Å². The van der Waals surface area contributed by atoms with E-state index in [2.05, 4.69) is 9.97 Å². The third-order valence-electron chi connectivity index (χ3n) is 2.19. The molecule has 15 heavy (non-hydrogen) atoms. The predicted molar refractivity (Wildman–Crippen MR) is 61.3 cm³/mol. The number of H-pyrrole nitrogens is 2. The van der Waals surface area contributed by atoms with E-state index in [-0.39, 0.29) is 11.7 Å². The minimum atomic E-state index is -0.246. The number of nitrogens with one attached hydrogen (secondary N) is 2. The highest BCUT2D eigenvalue weighted by atomic mass is 35.5. The van der Waals surface area contributed by atoms with E-state index in [4.69, 9.17) is 17.3 Å². The molecule has 5 heteroatoms. The molecule has 0 saturated carbocycles. The van der Waals surface area contributed by atoms with Crippen molar-refractivity contribution >= 4 is 22.6 Å². The average Bonchev–Trinajstić information content (AvgIpc) is 2.44. The summed E-state index contributed by atoms with van der Waals surface area (Å²) in [6.45, 7) is 1.93. The van der Waals surface area contributed by atoms with Crippen LogP contribution in [0.2, 0.25) is 5.02 Å². The zero-order valence-electron chi connectivity index (χ0n) is 8.30. The second kappa shape index (κ2) is 3.72. The van der Waals surface area contributed by atoms with Gasteiger partial charge in [-0.3, -0.25) is 0 Å². The Balaban J connectivity index is 2.56. The molecule has 1 heterocycles. The van der Waals surface area contributed by atoms with E-state index in [1.165, 1.54) is 0 Å². The number of halogens is 1. The molecule has 0 amide bonds. The van der Waals surface area contributed by atoms with Crippen molar-refractivity contribution in [3.63, 3.8) is 0 Å². The summed E-state index contributed by atoms with van der Waals surface area (Å²) in [7, 11) is 0. The molecule has 4 N–H and O–H groups in total. The summed E-state index contributed by atoms with van der Waals surface area (Å²) < 4.78 is 0. The average molecular weight is 226 g/mol. The lowest BCUT2D eigenvalue weighted by atomic mass is 10.1. The van der Waals surface area contributed by atoms with Gasteiger partial charge in [0.1, 0.15) is 0 Å². The van der Waals surface area contributed by atoms with Crippen LogP contribution in [0.25, 0.3) is 11.0 Å². The Kier molecular flexibility index (Phi) is 2.54. The van der Waals surface area contributed by atoms with E-state index in [1.807, 2.05) is 19.1 Å². The van der Waals surface area contributed by atoms with Crippen molar-refractivity contribution in [2.24, 2.45) is 5.73 Å². The minimum Gasteiger partial charge on any atom is -0.328 e. The summed E-state index contributed by atoms with van der Waals surface area (Å²) in [6, 6.07) is 3.80. The standard InChI is InChI=1S/C10H12ClN3O/c1-5(12)2-6-3-7(11)9-8(4-6)13-10(15)14-9/h3-5H,2,12H2,1H3,(H2,13,14,15). The van der Waals surface area contributed by atoms with E-state index < -0.39 is 0 Å². The number of hydrogen-bond donors (Lipinski definition) is 3. The van der Waals surface area contributed by atoms with Crippen LogP contribution in [-0.2, 0) is 6.42 Å². The maximum Gasteiger partial charge on any atom is 0.323 e. The largest absolute Gasteiger partial charge is 0.328 e. The second-order valence-electron chi connectivity index (χ2n) is 3.76. The van der Waals surface area contributed by atoms with Gasteiger partial charge in [-0.2, -0.15) is 0 Å². The van der Waals surface area contributed by atoms with Gasteiger partial charge in [-0.1, -0.05) is 11.6 Å². The maximum atomic E-state index is 11.1. The number of nitrogens with two attached hydrogens (primary N) is 1. The molecule has 1 aromatic carbocycles. The molecule has 0 aliphatic carbocycles. The highest BCUT2D eigenvalue weighted by Crippen LogP contribution is 2.21. The lowest BCUT2D eigenvalue weighted by Crippen LogP contribution is -2.17. The molecule has 1 atom stereocenters. The van der Waals surface area contributed by atoms with Crippen LogP contribution in [0.5, 0.6) is 0 Å². The molecular formula is C10H12ClN3O. The Morgan fingerprint density at radius 1 is 1.47 bits per heavy atom. The Morgan fingerprint density at radius 2 is 2.20 bits per heavy atom. The number of aromatic amines is 2. The van der Waals surface area contributed by atoms with Crippen LogP contribution in [0.4, 0.5) is 0 Å². The van der Waals surface area contributed by atoms with Gasteiger partial charge in [0.2, 0.25) is 0 Å². The first-order valence-electron chi connectivity index (χ1n) is 4.72. The van der Waals surface area contributed by atoms with E-state index in [1.54, 1.807) is 0 Å². The highest BCUT2D eigenvalue weighted by molar-refractivity contribution is 6.35. The minimum absolute atomic E-state index is 0.0733. The fourth-order valence-electron chi connectivity index (χ4n) is 1.65. The van der Waals surface area contributed by atoms with Gasteiger partial charge in [-0.15, -0.1) is 0 Å². The first kappa shape index (κ1) is 10.3. The van der Waals surface area contributed by atoms with Gasteiger partial charge in [0.05, 0.1) is 16.1 Å². The zero-order valence-corrected chi connectivity index (χ0v) is 9.06. The Labute approximate surface area is 91.4 Å². The molecule has 0 fully saturated rings. The second-order valence-corrected chi connectivity index (χ2v) is 4.17. The quantitative estimate of drug-likeness (QED) is 0.723. The summed E-state index contributed by atoms with van der Waals surface area (Å²) >= 11 is 6.03.